The Labute approximate surface area is 129 Å². The van der Waals surface area contributed by atoms with Crippen molar-refractivity contribution in [2.24, 2.45) is 0 Å². The van der Waals surface area contributed by atoms with Crippen LogP contribution in [0.1, 0.15) is 12.0 Å². The summed E-state index contributed by atoms with van der Waals surface area (Å²) < 4.78 is 43.2. The summed E-state index contributed by atoms with van der Waals surface area (Å²) in [6.07, 6.45) is -3.64. The van der Waals surface area contributed by atoms with Crippen LogP contribution in [0.15, 0.2) is 22.7 Å². The molecule has 0 bridgehead atoms. The van der Waals surface area contributed by atoms with Gasteiger partial charge in [0, 0.05) is 30.4 Å². The summed E-state index contributed by atoms with van der Waals surface area (Å²) in [5.74, 6) is 0. The highest BCUT2D eigenvalue weighted by atomic mass is 79.9. The number of halogens is 4. The third-order valence-electron chi connectivity index (χ3n) is 2.29. The second kappa shape index (κ2) is 7.80. The molecule has 0 aliphatic heterocycles. The van der Waals surface area contributed by atoms with E-state index < -0.39 is 11.7 Å². The minimum absolute atomic E-state index is 0.271. The third kappa shape index (κ3) is 6.06. The number of anilines is 1. The minimum atomic E-state index is -4.40. The van der Waals surface area contributed by atoms with Crippen LogP contribution in [0.2, 0.25) is 0 Å². The van der Waals surface area contributed by atoms with Crippen molar-refractivity contribution in [2.75, 3.05) is 25.6 Å². The standard InChI is InChI=1S/C12H14BrF3N2OS/c1-19-4-2-3-17-11(20)18-10-6-8(12(14,15)16)5-9(13)7-10/h5-7H,2-4H2,1H3,(H2,17,18,20). The summed E-state index contributed by atoms with van der Waals surface area (Å²) in [7, 11) is 1.59. The van der Waals surface area contributed by atoms with Gasteiger partial charge in [0.05, 0.1) is 5.56 Å². The zero-order chi connectivity index (χ0) is 15.2. The normalized spacial score (nSPS) is 11.2. The van der Waals surface area contributed by atoms with E-state index in [9.17, 15) is 13.2 Å². The van der Waals surface area contributed by atoms with Gasteiger partial charge < -0.3 is 15.4 Å². The molecule has 0 aliphatic rings. The van der Waals surface area contributed by atoms with Crippen LogP contribution >= 0.6 is 28.1 Å². The quantitative estimate of drug-likeness (QED) is 0.610. The van der Waals surface area contributed by atoms with Crippen LogP contribution in [0.3, 0.4) is 0 Å². The molecule has 3 nitrogen and oxygen atoms in total. The Morgan fingerprint density at radius 2 is 2.05 bits per heavy atom. The van der Waals surface area contributed by atoms with Crippen LogP contribution in [0, 0.1) is 0 Å². The van der Waals surface area contributed by atoms with Crippen LogP contribution < -0.4 is 10.6 Å². The molecule has 0 unspecified atom stereocenters. The number of thiocarbonyl (C=S) groups is 1. The molecule has 1 aromatic carbocycles. The number of hydrogen-bond donors (Lipinski definition) is 2. The van der Waals surface area contributed by atoms with Crippen molar-refractivity contribution < 1.29 is 17.9 Å². The summed E-state index contributed by atoms with van der Waals surface area (Å²) >= 11 is 8.05. The Hall–Kier alpha value is -0.860. The largest absolute Gasteiger partial charge is 0.416 e. The smallest absolute Gasteiger partial charge is 0.385 e. The van der Waals surface area contributed by atoms with Crippen LogP contribution in [-0.4, -0.2) is 25.4 Å². The first-order valence-electron chi connectivity index (χ1n) is 5.74. The van der Waals surface area contributed by atoms with Gasteiger partial charge in [-0.15, -0.1) is 0 Å². The van der Waals surface area contributed by atoms with Crippen molar-refractivity contribution >= 4 is 38.9 Å². The second-order valence-electron chi connectivity index (χ2n) is 3.95. The lowest BCUT2D eigenvalue weighted by Crippen LogP contribution is -2.29. The maximum absolute atomic E-state index is 12.7. The van der Waals surface area contributed by atoms with E-state index >= 15 is 0 Å². The number of ether oxygens (including phenoxy) is 1. The van der Waals surface area contributed by atoms with Gasteiger partial charge in [0.15, 0.2) is 5.11 Å². The van der Waals surface area contributed by atoms with Gasteiger partial charge in [0.25, 0.3) is 0 Å². The number of rotatable bonds is 5. The predicted molar refractivity (Wildman–Crippen MR) is 79.9 cm³/mol. The molecule has 0 amide bonds. The molecular weight excluding hydrogens is 357 g/mol. The SMILES string of the molecule is COCCCNC(=S)Nc1cc(Br)cc(C(F)(F)F)c1. The zero-order valence-electron chi connectivity index (χ0n) is 10.7. The monoisotopic (exact) mass is 370 g/mol. The van der Waals surface area contributed by atoms with Gasteiger partial charge in [-0.3, -0.25) is 0 Å². The molecule has 8 heteroatoms. The van der Waals surface area contributed by atoms with Gasteiger partial charge in [-0.25, -0.2) is 0 Å². The van der Waals surface area contributed by atoms with E-state index in [0.29, 0.717) is 17.6 Å². The number of benzene rings is 1. The molecule has 0 heterocycles. The molecule has 20 heavy (non-hydrogen) atoms. The maximum atomic E-state index is 12.7. The van der Waals surface area contributed by atoms with Crippen molar-refractivity contribution in [3.8, 4) is 0 Å². The highest BCUT2D eigenvalue weighted by Gasteiger charge is 2.31. The van der Waals surface area contributed by atoms with Gasteiger partial charge in [0.2, 0.25) is 0 Å². The van der Waals surface area contributed by atoms with E-state index in [-0.39, 0.29) is 10.8 Å². The fourth-order valence-corrected chi connectivity index (χ4v) is 2.13. The first-order valence-corrected chi connectivity index (χ1v) is 6.94. The van der Waals surface area contributed by atoms with Crippen LogP contribution in [0.5, 0.6) is 0 Å². The van der Waals surface area contributed by atoms with Gasteiger partial charge in [0.1, 0.15) is 0 Å². The van der Waals surface area contributed by atoms with Crippen molar-refractivity contribution in [1.29, 1.82) is 0 Å². The van der Waals surface area contributed by atoms with Crippen molar-refractivity contribution in [3.05, 3.63) is 28.2 Å². The van der Waals surface area contributed by atoms with E-state index in [1.165, 1.54) is 6.07 Å². The fourth-order valence-electron chi connectivity index (χ4n) is 1.42. The van der Waals surface area contributed by atoms with Crippen molar-refractivity contribution in [1.82, 2.24) is 5.32 Å². The van der Waals surface area contributed by atoms with Crippen LogP contribution in [0.4, 0.5) is 18.9 Å². The number of alkyl halides is 3. The molecule has 0 atom stereocenters. The molecule has 0 fully saturated rings. The summed E-state index contributed by atoms with van der Waals surface area (Å²) in [4.78, 5) is 0. The number of methoxy groups -OCH3 is 1. The van der Waals surface area contributed by atoms with E-state index in [0.717, 1.165) is 18.6 Å². The minimum Gasteiger partial charge on any atom is -0.385 e. The fraction of sp³-hybridized carbons (Fsp3) is 0.417. The Morgan fingerprint density at radius 1 is 1.35 bits per heavy atom. The predicted octanol–water partition coefficient (Wildman–Crippen LogP) is 3.79. The van der Waals surface area contributed by atoms with Crippen molar-refractivity contribution in [2.45, 2.75) is 12.6 Å². The van der Waals surface area contributed by atoms with Crippen LogP contribution in [-0.2, 0) is 10.9 Å². The van der Waals surface area contributed by atoms with E-state index in [1.54, 1.807) is 7.11 Å². The molecule has 2 N–H and O–H groups in total. The molecule has 0 saturated carbocycles. The van der Waals surface area contributed by atoms with E-state index in [2.05, 4.69) is 26.6 Å². The average Bonchev–Trinajstić information content (AvgIpc) is 2.33. The molecule has 0 aliphatic carbocycles. The van der Waals surface area contributed by atoms with Gasteiger partial charge in [-0.1, -0.05) is 15.9 Å². The maximum Gasteiger partial charge on any atom is 0.416 e. The lowest BCUT2D eigenvalue weighted by Gasteiger charge is -2.13. The van der Waals surface area contributed by atoms with E-state index in [4.69, 9.17) is 17.0 Å². The average molecular weight is 371 g/mol. The first kappa shape index (κ1) is 17.2. The van der Waals surface area contributed by atoms with Gasteiger partial charge in [-0.05, 0) is 36.8 Å². The topological polar surface area (TPSA) is 33.3 Å². The van der Waals surface area contributed by atoms with Gasteiger partial charge >= 0.3 is 6.18 Å². The molecule has 0 spiro atoms. The highest BCUT2D eigenvalue weighted by molar-refractivity contribution is 9.10. The Bertz CT molecular complexity index is 469. The van der Waals surface area contributed by atoms with Gasteiger partial charge in [-0.2, -0.15) is 13.2 Å². The molecule has 112 valence electrons. The summed E-state index contributed by atoms with van der Waals surface area (Å²) in [6, 6.07) is 3.55. The first-order chi connectivity index (χ1) is 9.32. The lowest BCUT2D eigenvalue weighted by molar-refractivity contribution is -0.137. The van der Waals surface area contributed by atoms with Crippen molar-refractivity contribution in [3.63, 3.8) is 0 Å². The highest BCUT2D eigenvalue weighted by Crippen LogP contribution is 2.33. The summed E-state index contributed by atoms with van der Waals surface area (Å²) in [5, 5.41) is 5.88. The lowest BCUT2D eigenvalue weighted by atomic mass is 10.2. The summed E-state index contributed by atoms with van der Waals surface area (Å²) in [6.45, 7) is 1.17. The Morgan fingerprint density at radius 3 is 2.65 bits per heavy atom. The molecule has 0 radical (unpaired) electrons. The number of hydrogen-bond acceptors (Lipinski definition) is 2. The summed E-state index contributed by atoms with van der Waals surface area (Å²) in [5.41, 5.74) is -0.465. The second-order valence-corrected chi connectivity index (χ2v) is 5.28. The van der Waals surface area contributed by atoms with Crippen LogP contribution in [0.25, 0.3) is 0 Å². The molecule has 1 aromatic rings. The van der Waals surface area contributed by atoms with E-state index in [1.807, 2.05) is 0 Å². The molecule has 0 saturated heterocycles. The zero-order valence-corrected chi connectivity index (χ0v) is 13.1. The molecule has 1 rings (SSSR count). The molecular formula is C12H14BrF3N2OS. The third-order valence-corrected chi connectivity index (χ3v) is 3.00. The number of nitrogens with one attached hydrogen (secondary N) is 2. The Balaban J connectivity index is 2.63. The Kier molecular flexibility index (Phi) is 6.70. The molecule has 0 aromatic heterocycles.